The van der Waals surface area contributed by atoms with Crippen molar-refractivity contribution in [1.29, 1.82) is 0 Å². The minimum absolute atomic E-state index is 0.0446. The molecule has 0 aromatic carbocycles. The Morgan fingerprint density at radius 1 is 1.58 bits per heavy atom. The summed E-state index contributed by atoms with van der Waals surface area (Å²) in [5, 5.41) is 0. The number of likely N-dealkylation sites (N-methyl/N-ethyl adjacent to an activating group) is 1. The highest BCUT2D eigenvalue weighted by Gasteiger charge is 2.00. The van der Waals surface area contributed by atoms with E-state index in [2.05, 4.69) is 13.2 Å². The first-order chi connectivity index (χ1) is 5.57. The molecule has 0 aromatic rings. The van der Waals surface area contributed by atoms with Gasteiger partial charge in [-0.2, -0.15) is 0 Å². The van der Waals surface area contributed by atoms with Crippen molar-refractivity contribution in [3.05, 3.63) is 37.0 Å². The number of carbonyl (C=O) groups is 1. The molecule has 0 spiro atoms. The molecule has 0 fully saturated rings. The molecule has 0 rings (SSSR count). The second kappa shape index (κ2) is 5.35. The van der Waals surface area contributed by atoms with Crippen molar-refractivity contribution >= 4 is 5.91 Å². The van der Waals surface area contributed by atoms with E-state index in [-0.39, 0.29) is 5.91 Å². The molecule has 2 nitrogen and oxygen atoms in total. The summed E-state index contributed by atoms with van der Waals surface area (Å²) < 4.78 is 0. The summed E-state index contributed by atoms with van der Waals surface area (Å²) in [5.74, 6) is 0.0446. The van der Waals surface area contributed by atoms with Crippen LogP contribution in [0.4, 0.5) is 0 Å². The molecule has 0 unspecified atom stereocenters. The fourth-order valence-electron chi connectivity index (χ4n) is 0.673. The van der Waals surface area contributed by atoms with Crippen LogP contribution in [0.25, 0.3) is 0 Å². The van der Waals surface area contributed by atoms with Gasteiger partial charge in [-0.3, -0.25) is 4.79 Å². The molecule has 0 aliphatic heterocycles. The normalized spacial score (nSPS) is 9.83. The smallest absolute Gasteiger partial charge is 0.219 e. The molecule has 1 amide bonds. The average Bonchev–Trinajstić information content (AvgIpc) is 2.00. The van der Waals surface area contributed by atoms with E-state index in [9.17, 15) is 4.79 Å². The summed E-state index contributed by atoms with van der Waals surface area (Å²) in [6, 6.07) is 0. The third-order valence-electron chi connectivity index (χ3n) is 1.45. The molecule has 0 aliphatic rings. The molecule has 0 bridgehead atoms. The lowest BCUT2D eigenvalue weighted by Crippen LogP contribution is -2.25. The quantitative estimate of drug-likeness (QED) is 0.581. The Balaban J connectivity index is 3.92. The highest BCUT2D eigenvalue weighted by Crippen LogP contribution is 1.96. The number of carbonyl (C=O) groups excluding carboxylic acids is 1. The molecule has 0 radical (unpaired) electrons. The van der Waals surface area contributed by atoms with Crippen molar-refractivity contribution in [3.63, 3.8) is 0 Å². The molecule has 0 saturated carbocycles. The van der Waals surface area contributed by atoms with Gasteiger partial charge in [0.25, 0.3) is 0 Å². The summed E-state index contributed by atoms with van der Waals surface area (Å²) in [5.41, 5.74) is 0.896. The minimum Gasteiger partial charge on any atom is -0.342 e. The van der Waals surface area contributed by atoms with Crippen LogP contribution in [-0.2, 0) is 4.79 Å². The van der Waals surface area contributed by atoms with Crippen LogP contribution in [0.3, 0.4) is 0 Å². The number of rotatable bonds is 4. The SMILES string of the molecule is C=C/C=C\C(=C)CN(C)C(C)=O. The maximum absolute atomic E-state index is 10.8. The van der Waals surface area contributed by atoms with Crippen LogP contribution in [0.2, 0.25) is 0 Å². The van der Waals surface area contributed by atoms with E-state index < -0.39 is 0 Å². The van der Waals surface area contributed by atoms with Gasteiger partial charge in [-0.15, -0.1) is 0 Å². The Morgan fingerprint density at radius 3 is 2.58 bits per heavy atom. The summed E-state index contributed by atoms with van der Waals surface area (Å²) in [6.45, 7) is 9.43. The molecule has 12 heavy (non-hydrogen) atoms. The fourth-order valence-corrected chi connectivity index (χ4v) is 0.673. The van der Waals surface area contributed by atoms with Crippen LogP contribution in [0, 0.1) is 0 Å². The highest BCUT2D eigenvalue weighted by atomic mass is 16.2. The lowest BCUT2D eigenvalue weighted by molar-refractivity contribution is -0.127. The molecular formula is C10H15NO. The Labute approximate surface area is 73.9 Å². The van der Waals surface area contributed by atoms with Crippen molar-refractivity contribution in [2.75, 3.05) is 13.6 Å². The third-order valence-corrected chi connectivity index (χ3v) is 1.45. The fraction of sp³-hybridized carbons (Fsp3) is 0.300. The predicted molar refractivity (Wildman–Crippen MR) is 51.8 cm³/mol. The van der Waals surface area contributed by atoms with Crippen molar-refractivity contribution < 1.29 is 4.79 Å². The van der Waals surface area contributed by atoms with E-state index in [1.807, 2.05) is 6.08 Å². The summed E-state index contributed by atoms with van der Waals surface area (Å²) in [4.78, 5) is 12.4. The molecule has 0 aliphatic carbocycles. The van der Waals surface area contributed by atoms with Crippen molar-refractivity contribution in [2.45, 2.75) is 6.92 Å². The van der Waals surface area contributed by atoms with Crippen LogP contribution in [0.5, 0.6) is 0 Å². The summed E-state index contributed by atoms with van der Waals surface area (Å²) in [7, 11) is 1.75. The second-order valence-corrected chi connectivity index (χ2v) is 2.63. The topological polar surface area (TPSA) is 20.3 Å². The first kappa shape index (κ1) is 10.7. The molecule has 0 saturated heterocycles. The Kier molecular flexibility index (Phi) is 4.77. The zero-order chi connectivity index (χ0) is 9.56. The largest absolute Gasteiger partial charge is 0.342 e. The molecule has 2 heteroatoms. The minimum atomic E-state index is 0.0446. The van der Waals surface area contributed by atoms with E-state index in [1.54, 1.807) is 24.1 Å². The lowest BCUT2D eigenvalue weighted by Gasteiger charge is -2.14. The van der Waals surface area contributed by atoms with Gasteiger partial charge in [-0.1, -0.05) is 31.4 Å². The molecule has 66 valence electrons. The van der Waals surface area contributed by atoms with Crippen molar-refractivity contribution in [1.82, 2.24) is 4.90 Å². The number of hydrogen-bond acceptors (Lipinski definition) is 1. The van der Waals surface area contributed by atoms with Crippen LogP contribution in [0.15, 0.2) is 37.0 Å². The molecular weight excluding hydrogens is 150 g/mol. The summed E-state index contributed by atoms with van der Waals surface area (Å²) >= 11 is 0. The Hall–Kier alpha value is -1.31. The highest BCUT2D eigenvalue weighted by molar-refractivity contribution is 5.73. The van der Waals surface area contributed by atoms with Crippen LogP contribution in [0.1, 0.15) is 6.92 Å². The first-order valence-electron chi connectivity index (χ1n) is 3.76. The van der Waals surface area contributed by atoms with Gasteiger partial charge in [0.1, 0.15) is 0 Å². The lowest BCUT2D eigenvalue weighted by atomic mass is 10.2. The average molecular weight is 165 g/mol. The van der Waals surface area contributed by atoms with E-state index >= 15 is 0 Å². The van der Waals surface area contributed by atoms with Crippen molar-refractivity contribution in [3.8, 4) is 0 Å². The van der Waals surface area contributed by atoms with Gasteiger partial charge in [0.2, 0.25) is 5.91 Å². The zero-order valence-corrected chi connectivity index (χ0v) is 7.71. The van der Waals surface area contributed by atoms with E-state index in [1.165, 1.54) is 6.92 Å². The van der Waals surface area contributed by atoms with Gasteiger partial charge < -0.3 is 4.90 Å². The van der Waals surface area contributed by atoms with Gasteiger partial charge in [0.15, 0.2) is 0 Å². The summed E-state index contributed by atoms with van der Waals surface area (Å²) in [6.07, 6.45) is 5.32. The van der Waals surface area contributed by atoms with Gasteiger partial charge in [-0.05, 0) is 5.57 Å². The third kappa shape index (κ3) is 4.50. The maximum Gasteiger partial charge on any atom is 0.219 e. The maximum atomic E-state index is 10.8. The van der Waals surface area contributed by atoms with Crippen molar-refractivity contribution in [2.24, 2.45) is 0 Å². The van der Waals surface area contributed by atoms with Crippen LogP contribution >= 0.6 is 0 Å². The van der Waals surface area contributed by atoms with Crippen LogP contribution in [-0.4, -0.2) is 24.4 Å². The van der Waals surface area contributed by atoms with Gasteiger partial charge in [0.05, 0.1) is 0 Å². The predicted octanol–water partition coefficient (Wildman–Crippen LogP) is 1.76. The number of allylic oxidation sites excluding steroid dienone is 2. The Bertz CT molecular complexity index is 216. The standard InChI is InChI=1S/C10H15NO/c1-5-6-7-9(2)8-11(4)10(3)12/h5-7H,1-2,8H2,3-4H3/b7-6-. The van der Waals surface area contributed by atoms with Gasteiger partial charge in [0, 0.05) is 20.5 Å². The number of amides is 1. The molecule has 0 aromatic heterocycles. The van der Waals surface area contributed by atoms with E-state index in [0.717, 1.165) is 5.57 Å². The Morgan fingerprint density at radius 2 is 2.17 bits per heavy atom. The van der Waals surface area contributed by atoms with Gasteiger partial charge in [-0.25, -0.2) is 0 Å². The molecule has 0 N–H and O–H groups in total. The number of hydrogen-bond donors (Lipinski definition) is 0. The van der Waals surface area contributed by atoms with E-state index in [0.29, 0.717) is 6.54 Å². The van der Waals surface area contributed by atoms with E-state index in [4.69, 9.17) is 0 Å². The number of nitrogens with zero attached hydrogens (tertiary/aromatic N) is 1. The monoisotopic (exact) mass is 165 g/mol. The molecule has 0 heterocycles. The second-order valence-electron chi connectivity index (χ2n) is 2.63. The zero-order valence-electron chi connectivity index (χ0n) is 7.71. The van der Waals surface area contributed by atoms with Gasteiger partial charge >= 0.3 is 0 Å². The molecule has 0 atom stereocenters. The van der Waals surface area contributed by atoms with Crippen LogP contribution < -0.4 is 0 Å². The first-order valence-corrected chi connectivity index (χ1v) is 3.76.